The molecule has 0 saturated heterocycles. The summed E-state index contributed by atoms with van der Waals surface area (Å²) >= 11 is 3.24. The van der Waals surface area contributed by atoms with E-state index in [0.29, 0.717) is 15.5 Å². The lowest BCUT2D eigenvalue weighted by Crippen LogP contribution is -2.13. The van der Waals surface area contributed by atoms with Gasteiger partial charge in [-0.25, -0.2) is 4.79 Å². The largest absolute Gasteiger partial charge is 0.323 e. The number of non-ortho nitro benzene ring substituents is 2. The molecule has 11 nitrogen and oxygen atoms in total. The minimum Gasteiger partial charge on any atom is -0.321 e. The Hall–Kier alpha value is -3.54. The van der Waals surface area contributed by atoms with Crippen LogP contribution in [0.1, 0.15) is 10.4 Å². The van der Waals surface area contributed by atoms with Crippen LogP contribution >= 0.6 is 15.9 Å². The highest BCUT2D eigenvalue weighted by atomic mass is 79.9. The summed E-state index contributed by atoms with van der Waals surface area (Å²) in [4.78, 5) is 49.0. The number of aromatic nitrogens is 2. The summed E-state index contributed by atoms with van der Waals surface area (Å²) in [5.74, 6) is -0.783. The predicted molar refractivity (Wildman–Crippen MR) is 94.3 cm³/mol. The maximum atomic E-state index is 12.4. The van der Waals surface area contributed by atoms with E-state index in [2.05, 4.69) is 31.2 Å². The second-order valence-electron chi connectivity index (χ2n) is 5.16. The van der Waals surface area contributed by atoms with Gasteiger partial charge in [0.25, 0.3) is 17.3 Å². The average molecular weight is 422 g/mol. The lowest BCUT2D eigenvalue weighted by molar-refractivity contribution is -0.394. The number of halogens is 1. The molecule has 26 heavy (non-hydrogen) atoms. The summed E-state index contributed by atoms with van der Waals surface area (Å²) in [6.07, 6.45) is 0. The van der Waals surface area contributed by atoms with Crippen LogP contribution in [0.25, 0.3) is 11.0 Å². The van der Waals surface area contributed by atoms with E-state index in [0.717, 1.165) is 18.2 Å². The minimum atomic E-state index is -0.823. The molecule has 3 rings (SSSR count). The van der Waals surface area contributed by atoms with Crippen molar-refractivity contribution < 1.29 is 14.6 Å². The van der Waals surface area contributed by atoms with Gasteiger partial charge in [0.1, 0.15) is 0 Å². The van der Waals surface area contributed by atoms with Gasteiger partial charge in [0.2, 0.25) is 0 Å². The number of fused-ring (bicyclic) bond motifs is 1. The first-order chi connectivity index (χ1) is 12.2. The molecule has 0 aliphatic rings. The van der Waals surface area contributed by atoms with E-state index in [9.17, 15) is 29.8 Å². The van der Waals surface area contributed by atoms with Crippen LogP contribution in [-0.4, -0.2) is 25.7 Å². The predicted octanol–water partition coefficient (Wildman–Crippen LogP) is 2.69. The van der Waals surface area contributed by atoms with Crippen LogP contribution in [0.4, 0.5) is 17.1 Å². The highest BCUT2D eigenvalue weighted by Gasteiger charge is 2.20. The molecule has 0 aliphatic carbocycles. The van der Waals surface area contributed by atoms with E-state index in [1.807, 2.05) is 0 Å². The zero-order valence-corrected chi connectivity index (χ0v) is 14.2. The van der Waals surface area contributed by atoms with Gasteiger partial charge in [-0.1, -0.05) is 0 Å². The van der Waals surface area contributed by atoms with Crippen LogP contribution in [0.3, 0.4) is 0 Å². The molecule has 1 aromatic heterocycles. The Morgan fingerprint density at radius 1 is 0.962 bits per heavy atom. The summed E-state index contributed by atoms with van der Waals surface area (Å²) in [5.41, 5.74) is -0.621. The molecular formula is C14H8BrN5O6. The van der Waals surface area contributed by atoms with Crippen molar-refractivity contribution in [3.05, 3.63) is 71.1 Å². The number of H-pyrrole nitrogens is 2. The number of rotatable bonds is 4. The van der Waals surface area contributed by atoms with Crippen molar-refractivity contribution in [3.63, 3.8) is 0 Å². The topological polar surface area (TPSA) is 164 Å². The number of benzene rings is 2. The van der Waals surface area contributed by atoms with E-state index < -0.39 is 32.8 Å². The summed E-state index contributed by atoms with van der Waals surface area (Å²) in [7, 11) is 0. The molecule has 0 unspecified atom stereocenters. The number of amides is 1. The molecule has 0 saturated carbocycles. The third kappa shape index (κ3) is 3.30. The van der Waals surface area contributed by atoms with Crippen molar-refractivity contribution in [2.24, 2.45) is 0 Å². The number of carbonyl (C=O) groups excluding carboxylic acids is 1. The van der Waals surface area contributed by atoms with Gasteiger partial charge in [-0.15, -0.1) is 0 Å². The Balaban J connectivity index is 2.00. The molecule has 0 spiro atoms. The molecule has 1 amide bonds. The zero-order valence-electron chi connectivity index (χ0n) is 12.6. The average Bonchev–Trinajstić information content (AvgIpc) is 2.93. The Morgan fingerprint density at radius 2 is 1.50 bits per heavy atom. The smallest absolute Gasteiger partial charge is 0.321 e. The molecule has 0 bridgehead atoms. The molecule has 2 aromatic carbocycles. The van der Waals surface area contributed by atoms with Crippen LogP contribution in [0.2, 0.25) is 0 Å². The minimum absolute atomic E-state index is 0.250. The summed E-state index contributed by atoms with van der Waals surface area (Å²) in [5, 5.41) is 24.3. The third-order valence-electron chi connectivity index (χ3n) is 3.44. The number of hydrogen-bond acceptors (Lipinski definition) is 6. The highest BCUT2D eigenvalue weighted by Crippen LogP contribution is 2.28. The van der Waals surface area contributed by atoms with E-state index in [1.165, 1.54) is 6.07 Å². The maximum absolute atomic E-state index is 12.4. The van der Waals surface area contributed by atoms with Gasteiger partial charge in [-0.3, -0.25) is 25.0 Å². The number of nitrogens with zero attached hydrogens (tertiary/aromatic N) is 2. The molecule has 0 fully saturated rings. The van der Waals surface area contributed by atoms with Gasteiger partial charge >= 0.3 is 5.69 Å². The molecule has 1 heterocycles. The van der Waals surface area contributed by atoms with Crippen molar-refractivity contribution in [1.82, 2.24) is 9.97 Å². The Labute approximate surface area is 151 Å². The Bertz CT molecular complexity index is 1100. The lowest BCUT2D eigenvalue weighted by atomic mass is 10.1. The molecule has 3 aromatic rings. The number of anilines is 1. The summed E-state index contributed by atoms with van der Waals surface area (Å²) in [6.45, 7) is 0. The summed E-state index contributed by atoms with van der Waals surface area (Å²) in [6, 6.07) is 5.67. The third-order valence-corrected chi connectivity index (χ3v) is 4.09. The van der Waals surface area contributed by atoms with E-state index in [4.69, 9.17) is 0 Å². The number of hydrogen-bond donors (Lipinski definition) is 3. The normalized spacial score (nSPS) is 10.7. The number of carbonyl (C=O) groups is 1. The molecular weight excluding hydrogens is 414 g/mol. The first-order valence-electron chi connectivity index (χ1n) is 6.91. The molecule has 0 radical (unpaired) electrons. The van der Waals surface area contributed by atoms with Crippen molar-refractivity contribution in [2.45, 2.75) is 0 Å². The number of nitro benzene ring substituents is 2. The van der Waals surface area contributed by atoms with E-state index >= 15 is 0 Å². The standard InChI is InChI=1S/C14H8BrN5O6/c15-9-4-11-12(18-14(22)17-11)5-10(9)16-13(21)6-1-7(19(23)24)3-8(2-6)20(25)26/h1-5H,(H,16,21)(H2,17,18,22). The second-order valence-corrected chi connectivity index (χ2v) is 6.02. The Kier molecular flexibility index (Phi) is 4.26. The molecule has 3 N–H and O–H groups in total. The van der Waals surface area contributed by atoms with Crippen LogP contribution in [0.15, 0.2) is 39.6 Å². The van der Waals surface area contributed by atoms with Crippen molar-refractivity contribution in [1.29, 1.82) is 0 Å². The van der Waals surface area contributed by atoms with Crippen molar-refractivity contribution in [2.75, 3.05) is 5.32 Å². The van der Waals surface area contributed by atoms with E-state index in [1.54, 1.807) is 6.07 Å². The molecule has 132 valence electrons. The van der Waals surface area contributed by atoms with E-state index in [-0.39, 0.29) is 11.3 Å². The van der Waals surface area contributed by atoms with Crippen LogP contribution in [0, 0.1) is 20.2 Å². The van der Waals surface area contributed by atoms with Crippen LogP contribution in [-0.2, 0) is 0 Å². The van der Waals surface area contributed by atoms with Gasteiger partial charge in [0, 0.05) is 16.6 Å². The van der Waals surface area contributed by atoms with Crippen molar-refractivity contribution in [3.8, 4) is 0 Å². The first-order valence-corrected chi connectivity index (χ1v) is 7.70. The quantitative estimate of drug-likeness (QED) is 0.432. The van der Waals surface area contributed by atoms with Gasteiger partial charge in [0.05, 0.1) is 38.2 Å². The summed E-state index contributed by atoms with van der Waals surface area (Å²) < 4.78 is 0.438. The maximum Gasteiger partial charge on any atom is 0.323 e. The van der Waals surface area contributed by atoms with Gasteiger partial charge < -0.3 is 15.3 Å². The van der Waals surface area contributed by atoms with Crippen LogP contribution < -0.4 is 11.0 Å². The molecule has 12 heteroatoms. The SMILES string of the molecule is O=C(Nc1cc2[nH]c(=O)[nH]c2cc1Br)c1cc([N+](=O)[O-])cc([N+](=O)[O-])c1. The molecule has 0 aliphatic heterocycles. The Morgan fingerprint density at radius 3 is 2.04 bits per heavy atom. The number of aromatic amines is 2. The van der Waals surface area contributed by atoms with Crippen molar-refractivity contribution >= 4 is 49.9 Å². The fourth-order valence-corrected chi connectivity index (χ4v) is 2.73. The lowest BCUT2D eigenvalue weighted by Gasteiger charge is -2.08. The number of imidazole rings is 1. The fraction of sp³-hybridized carbons (Fsp3) is 0. The number of nitrogens with one attached hydrogen (secondary N) is 3. The van der Waals surface area contributed by atoms with Gasteiger partial charge in [0.15, 0.2) is 0 Å². The fourth-order valence-electron chi connectivity index (χ4n) is 2.28. The molecule has 0 atom stereocenters. The highest BCUT2D eigenvalue weighted by molar-refractivity contribution is 9.10. The zero-order chi connectivity index (χ0) is 19.0. The van der Waals surface area contributed by atoms with Crippen LogP contribution in [0.5, 0.6) is 0 Å². The second kappa shape index (κ2) is 6.40. The van der Waals surface area contributed by atoms with Gasteiger partial charge in [-0.2, -0.15) is 0 Å². The number of nitro groups is 2. The van der Waals surface area contributed by atoms with Gasteiger partial charge in [-0.05, 0) is 28.1 Å². The first kappa shape index (κ1) is 17.3. The monoisotopic (exact) mass is 421 g/mol.